The van der Waals surface area contributed by atoms with E-state index in [1.807, 2.05) is 47.8 Å². The van der Waals surface area contributed by atoms with Gasteiger partial charge >= 0.3 is 0 Å². The van der Waals surface area contributed by atoms with E-state index in [-0.39, 0.29) is 17.8 Å². The lowest BCUT2D eigenvalue weighted by atomic mass is 10.2. The summed E-state index contributed by atoms with van der Waals surface area (Å²) in [6.07, 6.45) is 3.30. The predicted octanol–water partition coefficient (Wildman–Crippen LogP) is 3.55. The number of benzene rings is 2. The first kappa shape index (κ1) is 17.1. The van der Waals surface area contributed by atoms with Crippen LogP contribution in [0.3, 0.4) is 0 Å². The molecule has 0 spiro atoms. The van der Waals surface area contributed by atoms with Crippen LogP contribution in [0.1, 0.15) is 6.42 Å². The molecule has 4 rings (SSSR count). The molecule has 2 heterocycles. The first-order chi connectivity index (χ1) is 13.2. The average Bonchev–Trinajstić information content (AvgIpc) is 3.23. The van der Waals surface area contributed by atoms with Gasteiger partial charge < -0.3 is 5.32 Å². The van der Waals surface area contributed by atoms with Gasteiger partial charge in [-0.15, -0.1) is 11.3 Å². The molecule has 6 nitrogen and oxygen atoms in total. The highest BCUT2D eigenvalue weighted by Gasteiger charge is 2.08. The van der Waals surface area contributed by atoms with Gasteiger partial charge in [-0.2, -0.15) is 5.10 Å². The highest BCUT2D eigenvalue weighted by atomic mass is 32.1. The number of carbonyl (C=O) groups is 1. The van der Waals surface area contributed by atoms with Gasteiger partial charge in [0.1, 0.15) is 5.01 Å². The molecule has 0 radical (unpaired) electrons. The zero-order chi connectivity index (χ0) is 18.6. The highest BCUT2D eigenvalue weighted by Crippen LogP contribution is 2.24. The third kappa shape index (κ3) is 3.78. The van der Waals surface area contributed by atoms with Gasteiger partial charge in [-0.1, -0.05) is 24.3 Å². The first-order valence-corrected chi connectivity index (χ1v) is 9.33. The Morgan fingerprint density at radius 2 is 2.04 bits per heavy atom. The molecule has 0 saturated carbocycles. The number of para-hydroxylation sites is 1. The lowest BCUT2D eigenvalue weighted by Crippen LogP contribution is -2.18. The number of carbonyl (C=O) groups excluding carboxylic acids is 1. The second-order valence-corrected chi connectivity index (χ2v) is 6.86. The Balaban J connectivity index is 1.46. The molecular formula is C20H16N4O2S. The maximum Gasteiger partial charge on any atom is 0.226 e. The number of hydrogen-bond donors (Lipinski definition) is 1. The largest absolute Gasteiger partial charge is 0.326 e. The first-order valence-electron chi connectivity index (χ1n) is 8.45. The fraction of sp³-hybridized carbons (Fsp3) is 0.100. The number of fused-ring (bicyclic) bond motifs is 1. The fourth-order valence-corrected chi connectivity index (χ4v) is 3.50. The summed E-state index contributed by atoms with van der Waals surface area (Å²) in [6, 6.07) is 14.9. The van der Waals surface area contributed by atoms with Crippen molar-refractivity contribution >= 4 is 33.8 Å². The zero-order valence-corrected chi connectivity index (χ0v) is 15.1. The minimum absolute atomic E-state index is 0.115. The monoisotopic (exact) mass is 376 g/mol. The molecule has 2 aromatic heterocycles. The molecular weight excluding hydrogens is 360 g/mol. The van der Waals surface area contributed by atoms with Crippen molar-refractivity contribution in [1.29, 1.82) is 0 Å². The van der Waals surface area contributed by atoms with Crippen LogP contribution in [-0.4, -0.2) is 20.7 Å². The molecule has 0 aliphatic heterocycles. The molecule has 1 amide bonds. The molecule has 0 saturated heterocycles. The van der Waals surface area contributed by atoms with Gasteiger partial charge in [0.15, 0.2) is 0 Å². The van der Waals surface area contributed by atoms with Crippen molar-refractivity contribution in [3.05, 3.63) is 76.5 Å². The van der Waals surface area contributed by atoms with E-state index in [4.69, 9.17) is 0 Å². The van der Waals surface area contributed by atoms with Crippen molar-refractivity contribution in [2.45, 2.75) is 13.0 Å². The third-order valence-corrected chi connectivity index (χ3v) is 4.96. The Morgan fingerprint density at radius 1 is 1.15 bits per heavy atom. The van der Waals surface area contributed by atoms with Crippen molar-refractivity contribution in [1.82, 2.24) is 14.8 Å². The predicted molar refractivity (Wildman–Crippen MR) is 107 cm³/mol. The standard InChI is InChI=1S/C20H16N4O2S/c25-18-13-22-24(17-7-2-1-6-16(17)18)10-8-19(26)23-15-5-3-4-14(12-15)20-21-9-11-27-20/h1-7,9,11-13H,8,10H2,(H,23,26). The van der Waals surface area contributed by atoms with Crippen LogP contribution in [-0.2, 0) is 11.3 Å². The van der Waals surface area contributed by atoms with Crippen molar-refractivity contribution in [2.75, 3.05) is 5.32 Å². The number of aryl methyl sites for hydroxylation is 1. The quantitative estimate of drug-likeness (QED) is 0.578. The van der Waals surface area contributed by atoms with E-state index in [0.717, 1.165) is 21.8 Å². The lowest BCUT2D eigenvalue weighted by molar-refractivity contribution is -0.116. The smallest absolute Gasteiger partial charge is 0.226 e. The maximum absolute atomic E-state index is 12.4. The topological polar surface area (TPSA) is 76.9 Å². The minimum Gasteiger partial charge on any atom is -0.326 e. The second-order valence-electron chi connectivity index (χ2n) is 5.97. The van der Waals surface area contributed by atoms with Crippen LogP contribution in [0.25, 0.3) is 21.5 Å². The van der Waals surface area contributed by atoms with Gasteiger partial charge in [0.2, 0.25) is 11.3 Å². The van der Waals surface area contributed by atoms with E-state index in [2.05, 4.69) is 15.4 Å². The molecule has 0 aliphatic carbocycles. The molecule has 134 valence electrons. The molecule has 1 N–H and O–H groups in total. The summed E-state index contributed by atoms with van der Waals surface area (Å²) in [5.41, 5.74) is 2.30. The van der Waals surface area contributed by atoms with Gasteiger partial charge in [0.05, 0.1) is 18.3 Å². The van der Waals surface area contributed by atoms with Crippen molar-refractivity contribution in [3.8, 4) is 10.6 Å². The average molecular weight is 376 g/mol. The molecule has 7 heteroatoms. The lowest BCUT2D eigenvalue weighted by Gasteiger charge is -2.10. The van der Waals surface area contributed by atoms with E-state index in [1.54, 1.807) is 28.3 Å². The van der Waals surface area contributed by atoms with E-state index in [0.29, 0.717) is 11.9 Å². The van der Waals surface area contributed by atoms with Gasteiger partial charge in [0.25, 0.3) is 0 Å². The summed E-state index contributed by atoms with van der Waals surface area (Å²) in [7, 11) is 0. The number of nitrogens with one attached hydrogen (secondary N) is 1. The maximum atomic E-state index is 12.4. The molecule has 0 bridgehead atoms. The Bertz CT molecular complexity index is 1150. The molecule has 0 aliphatic rings. The van der Waals surface area contributed by atoms with Crippen LogP contribution in [0.4, 0.5) is 5.69 Å². The third-order valence-electron chi connectivity index (χ3n) is 4.14. The van der Waals surface area contributed by atoms with Crippen molar-refractivity contribution in [2.24, 2.45) is 0 Å². The number of rotatable bonds is 5. The van der Waals surface area contributed by atoms with Gasteiger partial charge in [0, 0.05) is 34.6 Å². The molecule has 4 aromatic rings. The molecule has 0 atom stereocenters. The van der Waals surface area contributed by atoms with E-state index >= 15 is 0 Å². The van der Waals surface area contributed by atoms with Gasteiger partial charge in [-0.25, -0.2) is 4.98 Å². The summed E-state index contributed by atoms with van der Waals surface area (Å²) >= 11 is 1.55. The van der Waals surface area contributed by atoms with E-state index in [1.165, 1.54) is 6.20 Å². The van der Waals surface area contributed by atoms with Crippen molar-refractivity contribution < 1.29 is 4.79 Å². The van der Waals surface area contributed by atoms with Crippen LogP contribution >= 0.6 is 11.3 Å². The summed E-state index contributed by atoms with van der Waals surface area (Å²) < 4.78 is 1.68. The minimum atomic E-state index is -0.120. The van der Waals surface area contributed by atoms with E-state index < -0.39 is 0 Å². The summed E-state index contributed by atoms with van der Waals surface area (Å²) in [5, 5.41) is 10.5. The van der Waals surface area contributed by atoms with Crippen LogP contribution in [0.15, 0.2) is 71.1 Å². The number of amides is 1. The summed E-state index contributed by atoms with van der Waals surface area (Å²) in [6.45, 7) is 0.388. The summed E-state index contributed by atoms with van der Waals surface area (Å²) in [5.74, 6) is -0.115. The number of hydrogen-bond acceptors (Lipinski definition) is 5. The van der Waals surface area contributed by atoms with Crippen LogP contribution in [0.5, 0.6) is 0 Å². The van der Waals surface area contributed by atoms with Crippen molar-refractivity contribution in [3.63, 3.8) is 0 Å². The highest BCUT2D eigenvalue weighted by molar-refractivity contribution is 7.13. The second kappa shape index (κ2) is 7.51. The normalized spacial score (nSPS) is 10.8. The SMILES string of the molecule is O=C(CCn1ncc(=O)c2ccccc21)Nc1cccc(-c2nccs2)c1. The van der Waals surface area contributed by atoms with E-state index in [9.17, 15) is 9.59 Å². The van der Waals surface area contributed by atoms with Gasteiger partial charge in [-0.3, -0.25) is 14.3 Å². The zero-order valence-electron chi connectivity index (χ0n) is 14.3. The van der Waals surface area contributed by atoms with Crippen LogP contribution in [0, 0.1) is 0 Å². The fourth-order valence-electron chi connectivity index (χ4n) is 2.87. The molecule has 2 aromatic carbocycles. The van der Waals surface area contributed by atoms with Crippen LogP contribution in [0.2, 0.25) is 0 Å². The number of nitrogens with zero attached hydrogens (tertiary/aromatic N) is 3. The Hall–Kier alpha value is -3.32. The molecule has 27 heavy (non-hydrogen) atoms. The number of aromatic nitrogens is 3. The number of anilines is 1. The summed E-state index contributed by atoms with van der Waals surface area (Å²) in [4.78, 5) is 28.5. The number of thiazole rings is 1. The van der Waals surface area contributed by atoms with Crippen LogP contribution < -0.4 is 10.7 Å². The van der Waals surface area contributed by atoms with Gasteiger partial charge in [-0.05, 0) is 24.3 Å². The Kier molecular flexibility index (Phi) is 4.76. The Morgan fingerprint density at radius 3 is 2.89 bits per heavy atom. The Labute approximate surface area is 159 Å². The molecule has 0 fully saturated rings. The molecule has 0 unspecified atom stereocenters.